The molecule has 0 saturated heterocycles. The highest BCUT2D eigenvalue weighted by atomic mass is 32.2. The van der Waals surface area contributed by atoms with Crippen LogP contribution in [-0.2, 0) is 7.05 Å². The largest absolute Gasteiger partial charge is 0.476 e. The number of pyridine rings is 1. The minimum absolute atomic E-state index is 0.318. The van der Waals surface area contributed by atoms with Gasteiger partial charge in [0.15, 0.2) is 5.16 Å². The van der Waals surface area contributed by atoms with Crippen LogP contribution in [0.2, 0.25) is 0 Å². The highest BCUT2D eigenvalue weighted by Crippen LogP contribution is 2.27. The maximum atomic E-state index is 11.3. The quantitative estimate of drug-likeness (QED) is 0.767. The summed E-state index contributed by atoms with van der Waals surface area (Å²) >= 11 is 1.13. The standard InChI is InChI=1S/C12H15N5O3S/c1-3-6-20-11-7(13)4-5-8(14-11)21-12-15-9(18)10(19)16-17(12)2/h4-5H,3,6,13H2,1-2H3,(H,16,19). The highest BCUT2D eigenvalue weighted by molar-refractivity contribution is 7.99. The number of nitrogen functional groups attached to an aromatic ring is 1. The van der Waals surface area contributed by atoms with Crippen molar-refractivity contribution in [3.05, 3.63) is 32.8 Å². The summed E-state index contributed by atoms with van der Waals surface area (Å²) < 4.78 is 6.80. The molecule has 2 heterocycles. The monoisotopic (exact) mass is 309 g/mol. The summed E-state index contributed by atoms with van der Waals surface area (Å²) in [7, 11) is 1.59. The number of hydrogen-bond acceptors (Lipinski definition) is 7. The Kier molecular flexibility index (Phi) is 4.63. The maximum absolute atomic E-state index is 11.3. The zero-order valence-electron chi connectivity index (χ0n) is 11.6. The Labute approximate surface area is 124 Å². The number of hydrogen-bond donors (Lipinski definition) is 2. The summed E-state index contributed by atoms with van der Waals surface area (Å²) in [6.07, 6.45) is 0.842. The molecule has 0 unspecified atom stereocenters. The van der Waals surface area contributed by atoms with Crippen molar-refractivity contribution in [1.29, 1.82) is 0 Å². The summed E-state index contributed by atoms with van der Waals surface area (Å²) in [6.45, 7) is 2.50. The van der Waals surface area contributed by atoms with Gasteiger partial charge in [-0.25, -0.2) is 4.98 Å². The van der Waals surface area contributed by atoms with Crippen LogP contribution in [0.4, 0.5) is 5.69 Å². The smallest absolute Gasteiger partial charge is 0.339 e. The molecule has 112 valence electrons. The van der Waals surface area contributed by atoms with E-state index in [0.29, 0.717) is 28.4 Å². The van der Waals surface area contributed by atoms with Gasteiger partial charge in [0.1, 0.15) is 5.03 Å². The Morgan fingerprint density at radius 2 is 2.14 bits per heavy atom. The molecule has 0 aliphatic heterocycles. The van der Waals surface area contributed by atoms with Crippen molar-refractivity contribution in [2.24, 2.45) is 7.05 Å². The van der Waals surface area contributed by atoms with E-state index >= 15 is 0 Å². The van der Waals surface area contributed by atoms with E-state index in [1.807, 2.05) is 6.92 Å². The summed E-state index contributed by atoms with van der Waals surface area (Å²) in [5.41, 5.74) is 4.62. The Balaban J connectivity index is 2.29. The molecule has 0 aromatic carbocycles. The van der Waals surface area contributed by atoms with Crippen LogP contribution in [0.15, 0.2) is 31.9 Å². The van der Waals surface area contributed by atoms with E-state index in [1.165, 1.54) is 4.68 Å². The fourth-order valence-electron chi connectivity index (χ4n) is 1.45. The van der Waals surface area contributed by atoms with Crippen molar-refractivity contribution in [2.75, 3.05) is 12.3 Å². The predicted octanol–water partition coefficient (Wildman–Crippen LogP) is 0.386. The number of nitrogens with two attached hydrogens (primary N) is 1. The van der Waals surface area contributed by atoms with Crippen molar-refractivity contribution < 1.29 is 4.74 Å². The molecule has 2 rings (SSSR count). The lowest BCUT2D eigenvalue weighted by Gasteiger charge is -2.09. The van der Waals surface area contributed by atoms with Crippen molar-refractivity contribution in [3.8, 4) is 5.88 Å². The molecule has 21 heavy (non-hydrogen) atoms. The summed E-state index contributed by atoms with van der Waals surface area (Å²) in [4.78, 5) is 30.4. The Bertz CT molecular complexity index is 755. The first-order valence-electron chi connectivity index (χ1n) is 6.25. The lowest BCUT2D eigenvalue weighted by Crippen LogP contribution is -2.33. The number of aromatic nitrogens is 4. The van der Waals surface area contributed by atoms with Crippen LogP contribution >= 0.6 is 11.8 Å². The number of ether oxygens (including phenoxy) is 1. The molecule has 0 spiro atoms. The topological polar surface area (TPSA) is 116 Å². The fraction of sp³-hybridized carbons (Fsp3) is 0.333. The molecule has 0 radical (unpaired) electrons. The minimum Gasteiger partial charge on any atom is -0.476 e. The molecule has 2 aromatic heterocycles. The predicted molar refractivity (Wildman–Crippen MR) is 78.7 cm³/mol. The normalized spacial score (nSPS) is 10.6. The van der Waals surface area contributed by atoms with Crippen molar-refractivity contribution in [2.45, 2.75) is 23.5 Å². The average molecular weight is 309 g/mol. The van der Waals surface area contributed by atoms with Crippen LogP contribution < -0.4 is 21.6 Å². The van der Waals surface area contributed by atoms with Gasteiger partial charge in [-0.05, 0) is 30.3 Å². The molecule has 0 bridgehead atoms. The second kappa shape index (κ2) is 6.44. The molecule has 3 N–H and O–H groups in total. The molecule has 9 heteroatoms. The summed E-state index contributed by atoms with van der Waals surface area (Å²) in [5, 5.41) is 3.25. The second-order valence-corrected chi connectivity index (χ2v) is 5.18. The number of nitrogens with one attached hydrogen (secondary N) is 1. The number of nitrogens with zero attached hydrogens (tertiary/aromatic N) is 3. The second-order valence-electron chi connectivity index (χ2n) is 4.19. The molecule has 0 aliphatic rings. The molecular weight excluding hydrogens is 294 g/mol. The zero-order chi connectivity index (χ0) is 15.4. The van der Waals surface area contributed by atoms with E-state index < -0.39 is 11.1 Å². The number of rotatable bonds is 5. The zero-order valence-corrected chi connectivity index (χ0v) is 12.4. The van der Waals surface area contributed by atoms with Gasteiger partial charge < -0.3 is 10.5 Å². The van der Waals surface area contributed by atoms with Gasteiger partial charge >= 0.3 is 11.1 Å². The first-order chi connectivity index (χ1) is 10.0. The molecular formula is C12H15N5O3S. The van der Waals surface area contributed by atoms with E-state index in [1.54, 1.807) is 19.2 Å². The van der Waals surface area contributed by atoms with Gasteiger partial charge in [-0.2, -0.15) is 4.98 Å². The molecule has 0 atom stereocenters. The minimum atomic E-state index is -0.839. The van der Waals surface area contributed by atoms with Crippen molar-refractivity contribution in [1.82, 2.24) is 19.7 Å². The van der Waals surface area contributed by atoms with E-state index in [2.05, 4.69) is 15.1 Å². The lowest BCUT2D eigenvalue weighted by molar-refractivity contribution is 0.305. The highest BCUT2D eigenvalue weighted by Gasteiger charge is 2.10. The van der Waals surface area contributed by atoms with Gasteiger partial charge in [-0.1, -0.05) is 6.92 Å². The van der Waals surface area contributed by atoms with E-state index in [0.717, 1.165) is 18.2 Å². The van der Waals surface area contributed by atoms with Crippen LogP contribution in [0.25, 0.3) is 0 Å². The van der Waals surface area contributed by atoms with Crippen LogP contribution in [0.3, 0.4) is 0 Å². The number of anilines is 1. The molecule has 0 amide bonds. The van der Waals surface area contributed by atoms with E-state index in [-0.39, 0.29) is 0 Å². The molecule has 0 fully saturated rings. The third-order valence-electron chi connectivity index (χ3n) is 2.45. The van der Waals surface area contributed by atoms with Crippen LogP contribution in [0.1, 0.15) is 13.3 Å². The van der Waals surface area contributed by atoms with Gasteiger partial charge in [0.2, 0.25) is 5.88 Å². The Morgan fingerprint density at radius 3 is 2.86 bits per heavy atom. The first-order valence-corrected chi connectivity index (χ1v) is 7.07. The maximum Gasteiger partial charge on any atom is 0.339 e. The van der Waals surface area contributed by atoms with Gasteiger partial charge in [-0.3, -0.25) is 19.4 Å². The van der Waals surface area contributed by atoms with Crippen molar-refractivity contribution >= 4 is 17.4 Å². The van der Waals surface area contributed by atoms with E-state index in [9.17, 15) is 9.59 Å². The van der Waals surface area contributed by atoms with Crippen LogP contribution in [0, 0.1) is 0 Å². The molecule has 0 aliphatic carbocycles. The van der Waals surface area contributed by atoms with Gasteiger partial charge in [0.25, 0.3) is 0 Å². The average Bonchev–Trinajstić information content (AvgIpc) is 2.45. The summed E-state index contributed by atoms with van der Waals surface area (Å²) in [6, 6.07) is 3.36. The lowest BCUT2D eigenvalue weighted by atomic mass is 10.4. The fourth-order valence-corrected chi connectivity index (χ4v) is 2.21. The molecule has 8 nitrogen and oxygen atoms in total. The first kappa shape index (κ1) is 15.1. The van der Waals surface area contributed by atoms with Crippen LogP contribution in [-0.4, -0.2) is 26.4 Å². The summed E-state index contributed by atoms with van der Waals surface area (Å²) in [5.74, 6) is 0.344. The van der Waals surface area contributed by atoms with Gasteiger partial charge in [0, 0.05) is 7.05 Å². The number of H-pyrrole nitrogens is 1. The third-order valence-corrected chi connectivity index (χ3v) is 3.43. The number of aryl methyl sites for hydroxylation is 1. The van der Waals surface area contributed by atoms with Gasteiger partial charge in [-0.15, -0.1) is 0 Å². The SMILES string of the molecule is CCCOc1nc(Sc2nc(=O)c(=O)[nH]n2C)ccc1N. The molecule has 2 aromatic rings. The van der Waals surface area contributed by atoms with E-state index in [4.69, 9.17) is 10.5 Å². The van der Waals surface area contributed by atoms with Crippen LogP contribution in [0.5, 0.6) is 5.88 Å². The Hall–Kier alpha value is -2.29. The molecule has 0 saturated carbocycles. The van der Waals surface area contributed by atoms with Crippen molar-refractivity contribution in [3.63, 3.8) is 0 Å². The Morgan fingerprint density at radius 1 is 1.38 bits per heavy atom. The third kappa shape index (κ3) is 3.63. The van der Waals surface area contributed by atoms with Gasteiger partial charge in [0.05, 0.1) is 12.3 Å². The number of aromatic amines is 1.